The number of hydrogen-bond acceptors (Lipinski definition) is 7. The van der Waals surface area contributed by atoms with Gasteiger partial charge in [-0.15, -0.1) is 0 Å². The lowest BCUT2D eigenvalue weighted by atomic mass is 9.76. The zero-order chi connectivity index (χ0) is 25.9. The van der Waals surface area contributed by atoms with E-state index in [1.54, 1.807) is 5.48 Å². The molecule has 1 atom stereocenters. The highest BCUT2D eigenvalue weighted by atomic mass is 32.2. The SMILES string of the molecule is O=C(OC1CCOC1)N1CCC(C(=O)NO)(C(N2CCC(c3c(F)cccc3F)CC2)=S(=O)=O)CC1. The molecule has 0 bridgehead atoms. The van der Waals surface area contributed by atoms with Crippen LogP contribution < -0.4 is 5.48 Å². The van der Waals surface area contributed by atoms with E-state index in [0.717, 1.165) is 0 Å². The number of carbonyl (C=O) groups excluding carboxylic acids is 2. The number of halogens is 2. The Labute approximate surface area is 208 Å². The summed E-state index contributed by atoms with van der Waals surface area (Å²) in [5.41, 5.74) is -0.0381. The molecular formula is C23H29F2N3O7S. The number of amides is 2. The molecule has 0 spiro atoms. The second-order valence-electron chi connectivity index (χ2n) is 9.32. The van der Waals surface area contributed by atoms with E-state index in [0.29, 0.717) is 19.6 Å². The topological polar surface area (TPSA) is 125 Å². The largest absolute Gasteiger partial charge is 0.444 e. The summed E-state index contributed by atoms with van der Waals surface area (Å²) in [4.78, 5) is 28.1. The second kappa shape index (κ2) is 11.2. The minimum Gasteiger partial charge on any atom is -0.444 e. The highest BCUT2D eigenvalue weighted by Gasteiger charge is 2.50. The molecular weight excluding hydrogens is 500 g/mol. The van der Waals surface area contributed by atoms with Gasteiger partial charge in [0.2, 0.25) is 10.3 Å². The maximum absolute atomic E-state index is 14.3. The van der Waals surface area contributed by atoms with Crippen LogP contribution in [0.15, 0.2) is 18.2 Å². The standard InChI is InChI=1S/C23H29F2N3O7S/c24-17-2-1-3-18(25)19(17)15-4-9-27(10-5-15)21(36(32)33)23(20(29)26-31)7-11-28(12-8-23)22(30)35-16-6-13-34-14-16/h1-3,15-16,31H,4-14H2,(H,26,29). The van der Waals surface area contributed by atoms with Crippen molar-refractivity contribution in [2.75, 3.05) is 39.4 Å². The minimum absolute atomic E-state index is 0.0238. The average Bonchev–Trinajstić information content (AvgIpc) is 3.37. The molecule has 0 aliphatic carbocycles. The van der Waals surface area contributed by atoms with Gasteiger partial charge >= 0.3 is 6.09 Å². The summed E-state index contributed by atoms with van der Waals surface area (Å²) in [5.74, 6) is -2.63. The Morgan fingerprint density at radius 3 is 2.22 bits per heavy atom. The van der Waals surface area contributed by atoms with Gasteiger partial charge in [-0.3, -0.25) is 14.9 Å². The molecule has 13 heteroatoms. The van der Waals surface area contributed by atoms with Crippen LogP contribution in [-0.2, 0) is 24.6 Å². The molecule has 1 unspecified atom stereocenters. The Hall–Kier alpha value is -2.61. The maximum atomic E-state index is 14.3. The molecule has 3 saturated heterocycles. The minimum atomic E-state index is -2.83. The molecule has 2 N–H and O–H groups in total. The first-order valence-electron chi connectivity index (χ1n) is 11.9. The molecule has 0 aromatic heterocycles. The van der Waals surface area contributed by atoms with Gasteiger partial charge in [-0.2, -0.15) is 8.42 Å². The third-order valence-electron chi connectivity index (χ3n) is 7.32. The number of piperidine rings is 2. The van der Waals surface area contributed by atoms with Crippen LogP contribution in [0, 0.1) is 17.0 Å². The van der Waals surface area contributed by atoms with Gasteiger partial charge in [-0.25, -0.2) is 19.1 Å². The number of rotatable bonds is 4. The van der Waals surface area contributed by atoms with E-state index in [4.69, 9.17) is 9.47 Å². The lowest BCUT2D eigenvalue weighted by Gasteiger charge is -2.43. The number of nitrogens with one attached hydrogen (secondary N) is 1. The van der Waals surface area contributed by atoms with Gasteiger partial charge in [0, 0.05) is 38.2 Å². The van der Waals surface area contributed by atoms with E-state index < -0.39 is 45.3 Å². The molecule has 2 amide bonds. The summed E-state index contributed by atoms with van der Waals surface area (Å²) in [7, 11) is -2.83. The van der Waals surface area contributed by atoms with Crippen LogP contribution in [0.25, 0.3) is 0 Å². The molecule has 3 heterocycles. The fourth-order valence-electron chi connectivity index (χ4n) is 5.38. The molecule has 3 aliphatic rings. The van der Waals surface area contributed by atoms with Crippen molar-refractivity contribution in [1.29, 1.82) is 0 Å². The monoisotopic (exact) mass is 529 g/mol. The van der Waals surface area contributed by atoms with Crippen molar-refractivity contribution in [3.8, 4) is 0 Å². The van der Waals surface area contributed by atoms with E-state index >= 15 is 0 Å². The number of hydroxylamine groups is 1. The number of ether oxygens (including phenoxy) is 2. The zero-order valence-electron chi connectivity index (χ0n) is 19.6. The quantitative estimate of drug-likeness (QED) is 0.343. The highest BCUT2D eigenvalue weighted by Crippen LogP contribution is 2.38. The predicted molar refractivity (Wildman–Crippen MR) is 123 cm³/mol. The van der Waals surface area contributed by atoms with Crippen LogP contribution in [-0.4, -0.2) is 85.9 Å². The molecule has 36 heavy (non-hydrogen) atoms. The van der Waals surface area contributed by atoms with E-state index in [9.17, 15) is 32.0 Å². The van der Waals surface area contributed by atoms with Crippen LogP contribution in [0.3, 0.4) is 0 Å². The van der Waals surface area contributed by atoms with E-state index in [1.165, 1.54) is 28.0 Å². The summed E-state index contributed by atoms with van der Waals surface area (Å²) in [5, 5.41) is 9.46. The van der Waals surface area contributed by atoms with Crippen LogP contribution >= 0.6 is 0 Å². The summed E-state index contributed by atoms with van der Waals surface area (Å²) >= 11 is 0. The molecule has 3 aliphatic heterocycles. The van der Waals surface area contributed by atoms with Gasteiger partial charge in [0.1, 0.15) is 28.1 Å². The van der Waals surface area contributed by atoms with E-state index in [-0.39, 0.29) is 68.5 Å². The van der Waals surface area contributed by atoms with Crippen molar-refractivity contribution < 1.29 is 41.5 Å². The summed E-state index contributed by atoms with van der Waals surface area (Å²) in [6, 6.07) is 3.67. The van der Waals surface area contributed by atoms with Gasteiger partial charge in [0.05, 0.1) is 13.2 Å². The molecule has 0 saturated carbocycles. The summed E-state index contributed by atoms with van der Waals surface area (Å²) < 4.78 is 64.0. The lowest BCUT2D eigenvalue weighted by molar-refractivity contribution is -0.138. The van der Waals surface area contributed by atoms with Crippen LogP contribution in [0.1, 0.15) is 43.6 Å². The Morgan fingerprint density at radius 1 is 1.06 bits per heavy atom. The Morgan fingerprint density at radius 2 is 1.69 bits per heavy atom. The predicted octanol–water partition coefficient (Wildman–Crippen LogP) is 1.67. The van der Waals surface area contributed by atoms with Gasteiger partial charge in [0.15, 0.2) is 0 Å². The molecule has 1 aromatic carbocycles. The average molecular weight is 530 g/mol. The smallest absolute Gasteiger partial charge is 0.410 e. The third kappa shape index (κ3) is 5.24. The van der Waals surface area contributed by atoms with Crippen molar-refractivity contribution >= 4 is 27.3 Å². The Balaban J connectivity index is 1.50. The van der Waals surface area contributed by atoms with E-state index in [1.807, 2.05) is 0 Å². The number of likely N-dealkylation sites (tertiary alicyclic amines) is 2. The van der Waals surface area contributed by atoms with Crippen molar-refractivity contribution in [2.45, 2.75) is 44.1 Å². The molecule has 10 nitrogen and oxygen atoms in total. The first kappa shape index (κ1) is 26.5. The summed E-state index contributed by atoms with van der Waals surface area (Å²) in [6.07, 6.45) is 0.120. The Kier molecular flexibility index (Phi) is 8.23. The number of hydrogen-bond donors (Lipinski definition) is 2. The molecule has 4 rings (SSSR count). The molecule has 198 valence electrons. The van der Waals surface area contributed by atoms with Gasteiger partial charge in [-0.05, 0) is 43.7 Å². The van der Waals surface area contributed by atoms with Crippen LogP contribution in [0.2, 0.25) is 0 Å². The van der Waals surface area contributed by atoms with Crippen molar-refractivity contribution in [3.05, 3.63) is 35.4 Å². The lowest BCUT2D eigenvalue weighted by Crippen LogP contribution is -2.59. The fourth-order valence-corrected chi connectivity index (χ4v) is 6.39. The zero-order valence-corrected chi connectivity index (χ0v) is 20.4. The van der Waals surface area contributed by atoms with Crippen molar-refractivity contribution in [2.24, 2.45) is 5.41 Å². The first-order chi connectivity index (χ1) is 17.3. The molecule has 3 fully saturated rings. The number of nitrogens with zero attached hydrogens (tertiary/aromatic N) is 2. The second-order valence-corrected chi connectivity index (χ2v) is 10.2. The van der Waals surface area contributed by atoms with Crippen LogP contribution in [0.4, 0.5) is 13.6 Å². The normalized spacial score (nSPS) is 22.8. The van der Waals surface area contributed by atoms with Gasteiger partial charge < -0.3 is 14.4 Å². The fraction of sp³-hybridized carbons (Fsp3) is 0.609. The van der Waals surface area contributed by atoms with Crippen molar-refractivity contribution in [1.82, 2.24) is 15.3 Å². The number of benzene rings is 1. The van der Waals surface area contributed by atoms with Crippen LogP contribution in [0.5, 0.6) is 0 Å². The van der Waals surface area contributed by atoms with Gasteiger partial charge in [-0.1, -0.05) is 6.07 Å². The highest BCUT2D eigenvalue weighted by molar-refractivity contribution is 7.73. The van der Waals surface area contributed by atoms with Gasteiger partial charge in [0.25, 0.3) is 5.91 Å². The summed E-state index contributed by atoms with van der Waals surface area (Å²) in [6.45, 7) is 1.20. The Bertz CT molecular complexity index is 1100. The van der Waals surface area contributed by atoms with E-state index in [2.05, 4.69) is 0 Å². The molecule has 0 radical (unpaired) electrons. The molecule has 1 aromatic rings. The first-order valence-corrected chi connectivity index (χ1v) is 13.0. The third-order valence-corrected chi connectivity index (χ3v) is 8.29. The van der Waals surface area contributed by atoms with Crippen molar-refractivity contribution in [3.63, 3.8) is 0 Å². The number of carbonyl (C=O) groups is 2. The maximum Gasteiger partial charge on any atom is 0.410 e.